The average molecular weight is 306 g/mol. The maximum atomic E-state index is 12.1. The van der Waals surface area contributed by atoms with Crippen molar-refractivity contribution in [3.05, 3.63) is 18.2 Å². The van der Waals surface area contributed by atoms with E-state index in [1.807, 2.05) is 18.2 Å². The number of nitrogens with zero attached hydrogens (tertiary/aromatic N) is 1. The van der Waals surface area contributed by atoms with E-state index in [2.05, 4.69) is 19.2 Å². The van der Waals surface area contributed by atoms with Gasteiger partial charge in [0.15, 0.2) is 6.61 Å². The standard InChI is InChI=1S/C16H22N2O4/c1-11(2)6-8-18-13-9-12(17-7-5-16(20)21)3-4-14(13)22-10-15(18)19/h3-4,9,11,17H,5-8,10H2,1-2H3,(H,20,21). The van der Waals surface area contributed by atoms with E-state index in [0.717, 1.165) is 17.8 Å². The summed E-state index contributed by atoms with van der Waals surface area (Å²) in [6.07, 6.45) is 0.964. The van der Waals surface area contributed by atoms with Crippen LogP contribution in [-0.4, -0.2) is 36.7 Å². The number of ether oxygens (including phenoxy) is 1. The minimum Gasteiger partial charge on any atom is -0.482 e. The molecule has 1 aliphatic heterocycles. The van der Waals surface area contributed by atoms with Gasteiger partial charge in [-0.25, -0.2) is 0 Å². The van der Waals surface area contributed by atoms with Crippen LogP contribution in [0.5, 0.6) is 5.75 Å². The molecule has 0 radical (unpaired) electrons. The highest BCUT2D eigenvalue weighted by molar-refractivity contribution is 5.98. The molecule has 2 N–H and O–H groups in total. The highest BCUT2D eigenvalue weighted by Gasteiger charge is 2.25. The van der Waals surface area contributed by atoms with Crippen molar-refractivity contribution >= 4 is 23.3 Å². The van der Waals surface area contributed by atoms with Gasteiger partial charge < -0.3 is 20.1 Å². The van der Waals surface area contributed by atoms with Gasteiger partial charge in [0.05, 0.1) is 12.1 Å². The van der Waals surface area contributed by atoms with Crippen LogP contribution in [0.15, 0.2) is 18.2 Å². The van der Waals surface area contributed by atoms with Gasteiger partial charge in [0, 0.05) is 18.8 Å². The first-order chi connectivity index (χ1) is 10.5. The molecule has 22 heavy (non-hydrogen) atoms. The van der Waals surface area contributed by atoms with Crippen molar-refractivity contribution in [2.75, 3.05) is 29.9 Å². The van der Waals surface area contributed by atoms with Gasteiger partial charge in [-0.1, -0.05) is 13.8 Å². The normalized spacial score (nSPS) is 13.8. The summed E-state index contributed by atoms with van der Waals surface area (Å²) in [6, 6.07) is 5.49. The maximum absolute atomic E-state index is 12.1. The summed E-state index contributed by atoms with van der Waals surface area (Å²) in [7, 11) is 0. The Kier molecular flexibility index (Phi) is 5.25. The number of carbonyl (C=O) groups is 2. The summed E-state index contributed by atoms with van der Waals surface area (Å²) in [5, 5.41) is 11.7. The van der Waals surface area contributed by atoms with Gasteiger partial charge in [-0.3, -0.25) is 9.59 Å². The van der Waals surface area contributed by atoms with Crippen molar-refractivity contribution in [3.8, 4) is 5.75 Å². The minimum absolute atomic E-state index is 0.0452. The summed E-state index contributed by atoms with van der Waals surface area (Å²) in [5.74, 6) is 0.307. The lowest BCUT2D eigenvalue weighted by molar-refractivity contribution is -0.136. The van der Waals surface area contributed by atoms with Crippen LogP contribution >= 0.6 is 0 Å². The molecule has 0 saturated heterocycles. The zero-order valence-corrected chi connectivity index (χ0v) is 13.0. The van der Waals surface area contributed by atoms with E-state index in [1.165, 1.54) is 0 Å². The van der Waals surface area contributed by atoms with Gasteiger partial charge in [-0.2, -0.15) is 0 Å². The number of aliphatic carboxylic acids is 1. The van der Waals surface area contributed by atoms with Gasteiger partial charge in [-0.05, 0) is 30.5 Å². The monoisotopic (exact) mass is 306 g/mol. The first-order valence-corrected chi connectivity index (χ1v) is 7.50. The predicted molar refractivity (Wildman–Crippen MR) is 84.5 cm³/mol. The van der Waals surface area contributed by atoms with Crippen molar-refractivity contribution in [1.29, 1.82) is 0 Å². The quantitative estimate of drug-likeness (QED) is 0.808. The molecule has 0 aromatic heterocycles. The van der Waals surface area contributed by atoms with E-state index >= 15 is 0 Å². The lowest BCUT2D eigenvalue weighted by atomic mass is 10.1. The third-order valence-electron chi connectivity index (χ3n) is 3.50. The molecule has 0 fully saturated rings. The summed E-state index contributed by atoms with van der Waals surface area (Å²) >= 11 is 0. The molecule has 0 atom stereocenters. The number of fused-ring (bicyclic) bond motifs is 1. The van der Waals surface area contributed by atoms with Crippen molar-refractivity contribution < 1.29 is 19.4 Å². The molecular weight excluding hydrogens is 284 g/mol. The lowest BCUT2D eigenvalue weighted by Gasteiger charge is -2.30. The van der Waals surface area contributed by atoms with E-state index in [1.54, 1.807) is 4.90 Å². The van der Waals surface area contributed by atoms with Crippen molar-refractivity contribution in [3.63, 3.8) is 0 Å². The van der Waals surface area contributed by atoms with Gasteiger partial charge >= 0.3 is 5.97 Å². The maximum Gasteiger partial charge on any atom is 0.305 e. The zero-order valence-electron chi connectivity index (χ0n) is 13.0. The molecule has 1 aliphatic rings. The summed E-state index contributed by atoms with van der Waals surface area (Å²) in [4.78, 5) is 24.4. The van der Waals surface area contributed by atoms with Crippen LogP contribution in [0.3, 0.4) is 0 Å². The Morgan fingerprint density at radius 1 is 1.45 bits per heavy atom. The Bertz CT molecular complexity index is 557. The number of hydrogen-bond donors (Lipinski definition) is 2. The van der Waals surface area contributed by atoms with Gasteiger partial charge in [0.25, 0.3) is 5.91 Å². The fourth-order valence-corrected chi connectivity index (χ4v) is 2.26. The highest BCUT2D eigenvalue weighted by atomic mass is 16.5. The Balaban J connectivity index is 2.13. The number of hydrogen-bond acceptors (Lipinski definition) is 4. The first kappa shape index (κ1) is 16.1. The molecule has 0 unspecified atom stereocenters. The van der Waals surface area contributed by atoms with Crippen LogP contribution < -0.4 is 15.0 Å². The second kappa shape index (κ2) is 7.15. The van der Waals surface area contributed by atoms with Gasteiger partial charge in [0.2, 0.25) is 0 Å². The minimum atomic E-state index is -0.845. The molecule has 1 heterocycles. The fraction of sp³-hybridized carbons (Fsp3) is 0.500. The number of carbonyl (C=O) groups excluding carboxylic acids is 1. The van der Waals surface area contributed by atoms with Crippen LogP contribution in [0.2, 0.25) is 0 Å². The lowest BCUT2D eigenvalue weighted by Crippen LogP contribution is -2.39. The first-order valence-electron chi connectivity index (χ1n) is 7.50. The summed E-state index contributed by atoms with van der Waals surface area (Å²) in [6.45, 7) is 5.31. The molecule has 2 rings (SSSR count). The van der Waals surface area contributed by atoms with Crippen molar-refractivity contribution in [1.82, 2.24) is 0 Å². The number of carboxylic acid groups (broad SMARTS) is 1. The van der Waals surface area contributed by atoms with Crippen molar-refractivity contribution in [2.45, 2.75) is 26.7 Å². The third-order valence-corrected chi connectivity index (χ3v) is 3.50. The number of benzene rings is 1. The molecule has 1 aromatic rings. The molecule has 1 aromatic carbocycles. The average Bonchev–Trinajstić information content (AvgIpc) is 2.45. The van der Waals surface area contributed by atoms with Crippen molar-refractivity contribution in [2.24, 2.45) is 5.92 Å². The Labute approximate surface area is 130 Å². The highest BCUT2D eigenvalue weighted by Crippen LogP contribution is 2.34. The molecule has 120 valence electrons. The number of rotatable bonds is 7. The Hall–Kier alpha value is -2.24. The molecule has 6 nitrogen and oxygen atoms in total. The van der Waals surface area contributed by atoms with Crippen LogP contribution in [0, 0.1) is 5.92 Å². The van der Waals surface area contributed by atoms with Gasteiger partial charge in [-0.15, -0.1) is 0 Å². The number of carboxylic acids is 1. The predicted octanol–water partition coefficient (Wildman–Crippen LogP) is 2.34. The van der Waals surface area contributed by atoms with E-state index in [4.69, 9.17) is 9.84 Å². The third kappa shape index (κ3) is 4.13. The molecule has 0 aliphatic carbocycles. The molecule has 0 bridgehead atoms. The second-order valence-corrected chi connectivity index (χ2v) is 5.77. The van der Waals surface area contributed by atoms with Crippen LogP contribution in [0.25, 0.3) is 0 Å². The number of anilines is 2. The van der Waals surface area contributed by atoms with E-state index in [-0.39, 0.29) is 18.9 Å². The Morgan fingerprint density at radius 3 is 2.91 bits per heavy atom. The van der Waals surface area contributed by atoms with Crippen LogP contribution in [0.4, 0.5) is 11.4 Å². The molecule has 0 saturated carbocycles. The smallest absolute Gasteiger partial charge is 0.305 e. The largest absolute Gasteiger partial charge is 0.482 e. The second-order valence-electron chi connectivity index (χ2n) is 5.77. The number of nitrogens with one attached hydrogen (secondary N) is 1. The van der Waals surface area contributed by atoms with Crippen LogP contribution in [0.1, 0.15) is 26.7 Å². The van der Waals surface area contributed by atoms with E-state index in [0.29, 0.717) is 24.8 Å². The topological polar surface area (TPSA) is 78.9 Å². The van der Waals surface area contributed by atoms with Gasteiger partial charge in [0.1, 0.15) is 5.75 Å². The molecule has 0 spiro atoms. The number of amides is 1. The van der Waals surface area contributed by atoms with Crippen LogP contribution in [-0.2, 0) is 9.59 Å². The molecule has 6 heteroatoms. The fourth-order valence-electron chi connectivity index (χ4n) is 2.26. The SMILES string of the molecule is CC(C)CCN1C(=O)COc2ccc(NCCC(=O)O)cc21. The Morgan fingerprint density at radius 2 is 2.23 bits per heavy atom. The summed E-state index contributed by atoms with van der Waals surface area (Å²) in [5.41, 5.74) is 1.53. The molecule has 1 amide bonds. The van der Waals surface area contributed by atoms with E-state index < -0.39 is 5.97 Å². The summed E-state index contributed by atoms with van der Waals surface area (Å²) < 4.78 is 5.46. The zero-order chi connectivity index (χ0) is 16.1. The van der Waals surface area contributed by atoms with E-state index in [9.17, 15) is 9.59 Å². The molecular formula is C16H22N2O4.